The third-order valence-corrected chi connectivity index (χ3v) is 2.73. The van der Waals surface area contributed by atoms with Crippen LogP contribution in [0.15, 0.2) is 22.4 Å². The Labute approximate surface area is 98.0 Å². The maximum atomic E-state index is 11.4. The molecule has 0 aromatic rings. The Balaban J connectivity index is 2.29. The Bertz CT molecular complexity index is 452. The molecule has 2 amide bonds. The van der Waals surface area contributed by atoms with E-state index in [-0.39, 0.29) is 18.7 Å². The van der Waals surface area contributed by atoms with Crippen molar-refractivity contribution < 1.29 is 18.0 Å². The lowest BCUT2D eigenvalue weighted by Gasteiger charge is -2.09. The van der Waals surface area contributed by atoms with Gasteiger partial charge in [-0.1, -0.05) is 0 Å². The molecule has 0 bridgehead atoms. The summed E-state index contributed by atoms with van der Waals surface area (Å²) in [6.45, 7) is 0.170. The van der Waals surface area contributed by atoms with E-state index in [1.165, 1.54) is 6.08 Å². The summed E-state index contributed by atoms with van der Waals surface area (Å²) in [7, 11) is -3.51. The summed E-state index contributed by atoms with van der Waals surface area (Å²) in [5, 5.41) is 13.9. The molecular formula is C8H12N4O4S. The summed E-state index contributed by atoms with van der Waals surface area (Å²) in [5.74, 6) is -1.15. The number of primary sulfonamides is 1. The second-order valence-corrected chi connectivity index (χ2v) is 5.10. The highest BCUT2D eigenvalue weighted by Crippen LogP contribution is 2.02. The van der Waals surface area contributed by atoms with Gasteiger partial charge in [0.15, 0.2) is 6.04 Å². The van der Waals surface area contributed by atoms with E-state index >= 15 is 0 Å². The number of rotatable bonds is 5. The van der Waals surface area contributed by atoms with E-state index in [2.05, 4.69) is 15.5 Å². The van der Waals surface area contributed by atoms with Crippen LogP contribution in [-0.2, 0) is 19.6 Å². The van der Waals surface area contributed by atoms with Crippen molar-refractivity contribution in [1.29, 1.82) is 0 Å². The topological polar surface area (TPSA) is 131 Å². The first-order chi connectivity index (χ1) is 7.88. The van der Waals surface area contributed by atoms with Crippen molar-refractivity contribution in [3.8, 4) is 0 Å². The van der Waals surface area contributed by atoms with Crippen LogP contribution < -0.4 is 10.5 Å². The Morgan fingerprint density at radius 3 is 2.76 bits per heavy atom. The van der Waals surface area contributed by atoms with Gasteiger partial charge in [-0.2, -0.15) is 5.11 Å². The first-order valence-electron chi connectivity index (χ1n) is 4.80. The van der Waals surface area contributed by atoms with Crippen molar-refractivity contribution in [1.82, 2.24) is 5.32 Å². The molecule has 1 atom stereocenters. The number of sulfonamides is 1. The molecule has 0 fully saturated rings. The van der Waals surface area contributed by atoms with Gasteiger partial charge in [0, 0.05) is 12.6 Å². The SMILES string of the molecule is NS(=O)(=O)CCCNC(=O)C1C=CC(=O)N=N1. The van der Waals surface area contributed by atoms with Crippen LogP contribution in [0.4, 0.5) is 0 Å². The lowest BCUT2D eigenvalue weighted by Crippen LogP contribution is -2.34. The molecular weight excluding hydrogens is 248 g/mol. The molecule has 0 aliphatic carbocycles. The molecule has 0 spiro atoms. The van der Waals surface area contributed by atoms with Crippen LogP contribution in [0.5, 0.6) is 0 Å². The van der Waals surface area contributed by atoms with Crippen molar-refractivity contribution in [2.24, 2.45) is 15.4 Å². The Hall–Kier alpha value is -1.61. The van der Waals surface area contributed by atoms with Gasteiger partial charge in [-0.25, -0.2) is 13.6 Å². The van der Waals surface area contributed by atoms with E-state index < -0.39 is 27.9 Å². The van der Waals surface area contributed by atoms with Crippen LogP contribution in [0.25, 0.3) is 0 Å². The highest BCUT2D eigenvalue weighted by Gasteiger charge is 2.17. The molecule has 1 aliphatic rings. The lowest BCUT2D eigenvalue weighted by atomic mass is 10.2. The molecule has 1 rings (SSSR count). The first-order valence-corrected chi connectivity index (χ1v) is 6.51. The Morgan fingerprint density at radius 2 is 2.24 bits per heavy atom. The summed E-state index contributed by atoms with van der Waals surface area (Å²) in [6, 6.07) is -0.831. The molecule has 0 saturated carbocycles. The summed E-state index contributed by atoms with van der Waals surface area (Å²) in [6.07, 6.45) is 2.70. The number of nitrogens with one attached hydrogen (secondary N) is 1. The van der Waals surface area contributed by atoms with Gasteiger partial charge in [0.2, 0.25) is 10.0 Å². The van der Waals surface area contributed by atoms with Crippen LogP contribution in [0.2, 0.25) is 0 Å². The van der Waals surface area contributed by atoms with E-state index in [4.69, 9.17) is 5.14 Å². The minimum atomic E-state index is -3.51. The Kier molecular flexibility index (Phi) is 4.46. The molecule has 3 N–H and O–H groups in total. The highest BCUT2D eigenvalue weighted by atomic mass is 32.2. The minimum absolute atomic E-state index is 0.170. The third-order valence-electron chi connectivity index (χ3n) is 1.88. The van der Waals surface area contributed by atoms with Crippen molar-refractivity contribution in [3.05, 3.63) is 12.2 Å². The number of carbonyl (C=O) groups is 2. The monoisotopic (exact) mass is 260 g/mol. The molecule has 1 unspecified atom stereocenters. The molecule has 8 nitrogen and oxygen atoms in total. The fourth-order valence-corrected chi connectivity index (χ4v) is 1.64. The predicted octanol–water partition coefficient (Wildman–Crippen LogP) is -1.30. The lowest BCUT2D eigenvalue weighted by molar-refractivity contribution is -0.121. The van der Waals surface area contributed by atoms with Gasteiger partial charge in [0.25, 0.3) is 11.8 Å². The molecule has 0 saturated heterocycles. The number of amides is 2. The number of azo groups is 1. The summed E-state index contributed by atoms with van der Waals surface area (Å²) in [5.41, 5.74) is 0. The number of hydrogen-bond donors (Lipinski definition) is 2. The van der Waals surface area contributed by atoms with E-state index in [1.54, 1.807) is 0 Å². The normalized spacial score (nSPS) is 19.4. The first kappa shape index (κ1) is 13.5. The molecule has 17 heavy (non-hydrogen) atoms. The number of nitrogens with two attached hydrogens (primary N) is 1. The predicted molar refractivity (Wildman–Crippen MR) is 58.4 cm³/mol. The zero-order valence-corrected chi connectivity index (χ0v) is 9.68. The van der Waals surface area contributed by atoms with E-state index in [1.807, 2.05) is 0 Å². The standard InChI is InChI=1S/C8H12N4O4S/c9-17(15,16)5-1-4-10-8(14)6-2-3-7(13)12-11-6/h2-3,6H,1,4-5H2,(H,10,14)(H2,9,15,16). The smallest absolute Gasteiger partial charge is 0.287 e. The van der Waals surface area contributed by atoms with Gasteiger partial charge in [-0.3, -0.25) is 9.59 Å². The van der Waals surface area contributed by atoms with E-state index in [0.717, 1.165) is 6.08 Å². The fraction of sp³-hybridized carbons (Fsp3) is 0.500. The zero-order chi connectivity index (χ0) is 12.9. The summed E-state index contributed by atoms with van der Waals surface area (Å²) < 4.78 is 21.2. The number of carbonyl (C=O) groups excluding carboxylic acids is 2. The molecule has 1 aliphatic heterocycles. The molecule has 0 aromatic carbocycles. The minimum Gasteiger partial charge on any atom is -0.354 e. The van der Waals surface area contributed by atoms with Crippen LogP contribution in [0.1, 0.15) is 6.42 Å². The van der Waals surface area contributed by atoms with Crippen LogP contribution >= 0.6 is 0 Å². The van der Waals surface area contributed by atoms with Gasteiger partial charge in [0.05, 0.1) is 5.75 Å². The van der Waals surface area contributed by atoms with Gasteiger partial charge in [-0.05, 0) is 12.5 Å². The van der Waals surface area contributed by atoms with E-state index in [9.17, 15) is 18.0 Å². The molecule has 9 heteroatoms. The van der Waals surface area contributed by atoms with Crippen molar-refractivity contribution in [2.75, 3.05) is 12.3 Å². The van der Waals surface area contributed by atoms with Gasteiger partial charge < -0.3 is 5.32 Å². The second-order valence-electron chi connectivity index (χ2n) is 3.37. The van der Waals surface area contributed by atoms with Gasteiger partial charge >= 0.3 is 0 Å². The largest absolute Gasteiger partial charge is 0.354 e. The maximum absolute atomic E-state index is 11.4. The number of nitrogens with zero attached hydrogens (tertiary/aromatic N) is 2. The van der Waals surface area contributed by atoms with Crippen LogP contribution in [0.3, 0.4) is 0 Å². The summed E-state index contributed by atoms with van der Waals surface area (Å²) >= 11 is 0. The average Bonchev–Trinajstić information content (AvgIpc) is 2.24. The average molecular weight is 260 g/mol. The van der Waals surface area contributed by atoms with Crippen molar-refractivity contribution in [2.45, 2.75) is 12.5 Å². The van der Waals surface area contributed by atoms with Crippen LogP contribution in [0, 0.1) is 0 Å². The van der Waals surface area contributed by atoms with Crippen molar-refractivity contribution >= 4 is 21.8 Å². The highest BCUT2D eigenvalue weighted by molar-refractivity contribution is 7.89. The number of hydrogen-bond acceptors (Lipinski definition) is 5. The maximum Gasteiger partial charge on any atom is 0.287 e. The Morgan fingerprint density at radius 1 is 1.53 bits per heavy atom. The van der Waals surface area contributed by atoms with Crippen molar-refractivity contribution in [3.63, 3.8) is 0 Å². The van der Waals surface area contributed by atoms with Gasteiger partial charge in [-0.15, -0.1) is 5.11 Å². The summed E-state index contributed by atoms with van der Waals surface area (Å²) in [4.78, 5) is 22.1. The van der Waals surface area contributed by atoms with Gasteiger partial charge in [0.1, 0.15) is 0 Å². The van der Waals surface area contributed by atoms with Crippen LogP contribution in [-0.4, -0.2) is 38.6 Å². The second kappa shape index (κ2) is 5.64. The molecule has 94 valence electrons. The molecule has 0 aromatic heterocycles. The third kappa shape index (κ3) is 5.31. The fourth-order valence-electron chi connectivity index (χ4n) is 1.09. The molecule has 0 radical (unpaired) electrons. The quantitative estimate of drug-likeness (QED) is 0.594. The zero-order valence-electron chi connectivity index (χ0n) is 8.87. The molecule has 1 heterocycles. The van der Waals surface area contributed by atoms with E-state index in [0.29, 0.717) is 0 Å².